The van der Waals surface area contributed by atoms with Gasteiger partial charge in [0.2, 0.25) is 0 Å². The van der Waals surface area contributed by atoms with E-state index in [0.29, 0.717) is 32.7 Å². The van der Waals surface area contributed by atoms with Crippen LogP contribution in [-0.4, -0.2) is 89.3 Å². The van der Waals surface area contributed by atoms with Crippen LogP contribution in [0.1, 0.15) is 6.42 Å². The molecule has 0 spiro atoms. The zero-order valence-corrected chi connectivity index (χ0v) is 11.0. The van der Waals surface area contributed by atoms with Crippen LogP contribution in [-0.2, 0) is 4.79 Å². The Morgan fingerprint density at radius 3 is 2.21 bits per heavy atom. The maximum Gasteiger partial charge on any atom is 0.320 e. The molecule has 2 N–H and O–H groups in total. The van der Waals surface area contributed by atoms with Gasteiger partial charge in [0.05, 0.1) is 13.0 Å². The second-order valence-corrected chi connectivity index (χ2v) is 5.20. The number of carbonyl (C=O) groups is 2. The third-order valence-electron chi connectivity index (χ3n) is 3.75. The van der Waals surface area contributed by atoms with E-state index in [4.69, 9.17) is 10.2 Å². The summed E-state index contributed by atoms with van der Waals surface area (Å²) in [6.07, 6.45) is 0.147. The molecule has 0 aromatic rings. The number of amides is 2. The quantitative estimate of drug-likeness (QED) is 0.694. The summed E-state index contributed by atoms with van der Waals surface area (Å²) in [6.45, 7) is 4.86. The van der Waals surface area contributed by atoms with Gasteiger partial charge in [-0.15, -0.1) is 0 Å². The Labute approximate surface area is 112 Å². The van der Waals surface area contributed by atoms with Crippen molar-refractivity contribution >= 4 is 12.0 Å². The number of hydrogen-bond acceptors (Lipinski definition) is 4. The number of carboxylic acid groups (broad SMARTS) is 1. The topological polar surface area (TPSA) is 84.3 Å². The fourth-order valence-electron chi connectivity index (χ4n) is 2.61. The number of carboxylic acids is 1. The lowest BCUT2D eigenvalue weighted by molar-refractivity contribution is -0.139. The molecule has 108 valence electrons. The first-order valence-electron chi connectivity index (χ1n) is 6.69. The van der Waals surface area contributed by atoms with E-state index in [0.717, 1.165) is 13.1 Å². The van der Waals surface area contributed by atoms with Crippen molar-refractivity contribution in [1.82, 2.24) is 14.7 Å². The Balaban J connectivity index is 1.70. The van der Waals surface area contributed by atoms with Crippen LogP contribution < -0.4 is 0 Å². The van der Waals surface area contributed by atoms with Crippen molar-refractivity contribution in [2.24, 2.45) is 5.92 Å². The molecule has 2 heterocycles. The van der Waals surface area contributed by atoms with Crippen molar-refractivity contribution in [3.63, 3.8) is 0 Å². The number of carbonyl (C=O) groups excluding carboxylic acids is 1. The molecule has 0 unspecified atom stereocenters. The van der Waals surface area contributed by atoms with Crippen molar-refractivity contribution in [1.29, 1.82) is 0 Å². The Kier molecular flexibility index (Phi) is 4.60. The van der Waals surface area contributed by atoms with E-state index in [2.05, 4.69) is 4.90 Å². The minimum Gasteiger partial charge on any atom is -0.481 e. The summed E-state index contributed by atoms with van der Waals surface area (Å²) in [7, 11) is 0. The van der Waals surface area contributed by atoms with Gasteiger partial charge in [0.1, 0.15) is 0 Å². The van der Waals surface area contributed by atoms with Gasteiger partial charge < -0.3 is 20.0 Å². The number of rotatable bonds is 4. The average molecular weight is 271 g/mol. The zero-order valence-electron chi connectivity index (χ0n) is 11.0. The third-order valence-corrected chi connectivity index (χ3v) is 3.75. The minimum absolute atomic E-state index is 0.0188. The summed E-state index contributed by atoms with van der Waals surface area (Å²) >= 11 is 0. The van der Waals surface area contributed by atoms with Crippen molar-refractivity contribution in [2.75, 3.05) is 52.4 Å². The molecule has 7 nitrogen and oxygen atoms in total. The van der Waals surface area contributed by atoms with Gasteiger partial charge in [-0.25, -0.2) is 4.79 Å². The normalized spacial score (nSPS) is 21.3. The Bertz CT molecular complexity index is 336. The van der Waals surface area contributed by atoms with Crippen molar-refractivity contribution < 1.29 is 19.8 Å². The Morgan fingerprint density at radius 1 is 1.05 bits per heavy atom. The molecule has 0 atom stereocenters. The number of piperazine rings is 1. The van der Waals surface area contributed by atoms with Crippen LogP contribution in [0.2, 0.25) is 0 Å². The molecule has 0 saturated carbocycles. The van der Waals surface area contributed by atoms with Crippen LogP contribution in [0.5, 0.6) is 0 Å². The van der Waals surface area contributed by atoms with Gasteiger partial charge in [-0.05, 0) is 0 Å². The highest BCUT2D eigenvalue weighted by atomic mass is 16.4. The van der Waals surface area contributed by atoms with E-state index in [1.54, 1.807) is 4.90 Å². The second kappa shape index (κ2) is 6.21. The summed E-state index contributed by atoms with van der Waals surface area (Å²) in [6, 6.07) is 0.0188. The fraction of sp³-hybridized carbons (Fsp3) is 0.833. The largest absolute Gasteiger partial charge is 0.481 e. The molecule has 0 aromatic heterocycles. The van der Waals surface area contributed by atoms with Crippen LogP contribution in [0.25, 0.3) is 0 Å². The first-order valence-corrected chi connectivity index (χ1v) is 6.69. The molecule has 7 heteroatoms. The molecule has 2 rings (SSSR count). The molecular formula is C12H21N3O4. The van der Waals surface area contributed by atoms with E-state index in [9.17, 15) is 9.59 Å². The lowest BCUT2D eigenvalue weighted by atomic mass is 9.97. The first-order chi connectivity index (χ1) is 9.10. The van der Waals surface area contributed by atoms with Gasteiger partial charge >= 0.3 is 12.0 Å². The number of aliphatic hydroxyl groups is 1. The number of nitrogens with zero attached hydrogens (tertiary/aromatic N) is 3. The number of aliphatic carboxylic acids is 1. The molecule has 2 saturated heterocycles. The van der Waals surface area contributed by atoms with E-state index in [1.807, 2.05) is 4.90 Å². The first kappa shape index (κ1) is 14.1. The smallest absolute Gasteiger partial charge is 0.320 e. The van der Waals surface area contributed by atoms with Crippen LogP contribution in [0.4, 0.5) is 4.79 Å². The van der Waals surface area contributed by atoms with Crippen molar-refractivity contribution in [3.05, 3.63) is 0 Å². The number of aliphatic hydroxyl groups excluding tert-OH is 1. The number of hydrogen-bond donors (Lipinski definition) is 2. The van der Waals surface area contributed by atoms with Gasteiger partial charge in [-0.2, -0.15) is 0 Å². The van der Waals surface area contributed by atoms with Gasteiger partial charge in [-0.3, -0.25) is 9.69 Å². The van der Waals surface area contributed by atoms with Crippen molar-refractivity contribution in [3.8, 4) is 0 Å². The average Bonchev–Trinajstić information content (AvgIpc) is 2.33. The summed E-state index contributed by atoms with van der Waals surface area (Å²) in [5, 5.41) is 17.5. The monoisotopic (exact) mass is 271 g/mol. The molecule has 2 fully saturated rings. The highest BCUT2D eigenvalue weighted by molar-refractivity contribution is 5.76. The molecule has 0 radical (unpaired) electrons. The zero-order chi connectivity index (χ0) is 13.8. The van der Waals surface area contributed by atoms with E-state index < -0.39 is 5.97 Å². The molecular weight excluding hydrogens is 250 g/mol. The number of β-amino-alcohol motifs (C(OH)–C–C–N with tert-alkyl or cyclic N) is 1. The molecule has 0 bridgehead atoms. The number of urea groups is 1. The molecule has 2 aliphatic rings. The summed E-state index contributed by atoms with van der Waals surface area (Å²) in [4.78, 5) is 28.3. The minimum atomic E-state index is -0.797. The molecule has 0 aliphatic carbocycles. The standard InChI is InChI=1S/C12H21N3O4/c16-6-5-13-1-3-14(4-2-13)12(19)15-8-10(9-15)7-11(17)18/h10,16H,1-9H2,(H,17,18). The van der Waals surface area contributed by atoms with Gasteiger partial charge in [0.25, 0.3) is 0 Å². The third kappa shape index (κ3) is 3.57. The SMILES string of the molecule is O=C(O)CC1CN(C(=O)N2CCN(CCO)CC2)C1. The predicted molar refractivity (Wildman–Crippen MR) is 67.8 cm³/mol. The summed E-state index contributed by atoms with van der Waals surface area (Å²) < 4.78 is 0. The van der Waals surface area contributed by atoms with Crippen LogP contribution >= 0.6 is 0 Å². The van der Waals surface area contributed by atoms with Crippen molar-refractivity contribution in [2.45, 2.75) is 6.42 Å². The highest BCUT2D eigenvalue weighted by Gasteiger charge is 2.35. The van der Waals surface area contributed by atoms with Gasteiger partial charge in [-0.1, -0.05) is 0 Å². The van der Waals surface area contributed by atoms with Gasteiger partial charge in [0, 0.05) is 51.7 Å². The molecule has 19 heavy (non-hydrogen) atoms. The summed E-state index contributed by atoms with van der Waals surface area (Å²) in [5.41, 5.74) is 0. The highest BCUT2D eigenvalue weighted by Crippen LogP contribution is 2.21. The molecule has 0 aromatic carbocycles. The lowest BCUT2D eigenvalue weighted by Crippen LogP contribution is -2.59. The summed E-state index contributed by atoms with van der Waals surface area (Å²) in [5.74, 6) is -0.688. The Hall–Kier alpha value is -1.34. The molecule has 2 aliphatic heterocycles. The van der Waals surface area contributed by atoms with E-state index in [1.165, 1.54) is 0 Å². The molecule has 2 amide bonds. The maximum atomic E-state index is 12.1. The van der Waals surface area contributed by atoms with E-state index >= 15 is 0 Å². The Morgan fingerprint density at radius 2 is 1.68 bits per heavy atom. The van der Waals surface area contributed by atoms with Crippen LogP contribution in [0, 0.1) is 5.92 Å². The van der Waals surface area contributed by atoms with E-state index in [-0.39, 0.29) is 25.0 Å². The lowest BCUT2D eigenvalue weighted by Gasteiger charge is -2.43. The van der Waals surface area contributed by atoms with Gasteiger partial charge in [0.15, 0.2) is 0 Å². The number of likely N-dealkylation sites (tertiary alicyclic amines) is 1. The second-order valence-electron chi connectivity index (χ2n) is 5.20. The maximum absolute atomic E-state index is 12.1. The van der Waals surface area contributed by atoms with Crippen LogP contribution in [0.15, 0.2) is 0 Å². The fourth-order valence-corrected chi connectivity index (χ4v) is 2.61. The van der Waals surface area contributed by atoms with Crippen LogP contribution in [0.3, 0.4) is 0 Å². The predicted octanol–water partition coefficient (Wildman–Crippen LogP) is -0.877.